The number of hydrogen-bond acceptors (Lipinski definition) is 3. The van der Waals surface area contributed by atoms with Gasteiger partial charge in [-0.3, -0.25) is 0 Å². The van der Waals surface area contributed by atoms with Crippen molar-refractivity contribution in [2.75, 3.05) is 0 Å². The predicted molar refractivity (Wildman–Crippen MR) is 92.7 cm³/mol. The van der Waals surface area contributed by atoms with Crippen LogP contribution < -0.4 is 4.74 Å². The van der Waals surface area contributed by atoms with Gasteiger partial charge in [0.25, 0.3) is 0 Å². The second-order valence-electron chi connectivity index (χ2n) is 5.58. The third kappa shape index (κ3) is 3.67. The largest absolute Gasteiger partial charge is 0.479 e. The van der Waals surface area contributed by atoms with Crippen LogP contribution in [-0.2, 0) is 11.2 Å². The van der Waals surface area contributed by atoms with Crippen molar-refractivity contribution in [3.8, 4) is 5.75 Å². The minimum atomic E-state index is -1.01. The summed E-state index contributed by atoms with van der Waals surface area (Å²) in [7, 11) is 0. The average Bonchev–Trinajstić information content (AvgIpc) is 2.82. The normalized spacial score (nSPS) is 12.8. The molecule has 22 heavy (non-hydrogen) atoms. The van der Waals surface area contributed by atoms with Gasteiger partial charge < -0.3 is 9.84 Å². The van der Waals surface area contributed by atoms with Crippen LogP contribution in [0.15, 0.2) is 12.1 Å². The average molecular weight is 361 g/mol. The topological polar surface area (TPSA) is 46.5 Å². The molecule has 2 rings (SSSR count). The second-order valence-corrected chi connectivity index (χ2v) is 7.48. The molecular formula is C16H18Cl2O3S. The lowest BCUT2D eigenvalue weighted by atomic mass is 10.1. The van der Waals surface area contributed by atoms with Crippen LogP contribution in [0.2, 0.25) is 10.0 Å². The zero-order chi connectivity index (χ0) is 16.4. The van der Waals surface area contributed by atoms with Gasteiger partial charge in [0.1, 0.15) is 10.8 Å². The van der Waals surface area contributed by atoms with Gasteiger partial charge in [-0.1, -0.05) is 44.0 Å². The molecule has 1 aromatic carbocycles. The fourth-order valence-electron chi connectivity index (χ4n) is 2.20. The molecule has 0 spiro atoms. The van der Waals surface area contributed by atoms with Gasteiger partial charge in [0, 0.05) is 4.88 Å². The number of carboxylic acid groups (broad SMARTS) is 1. The summed E-state index contributed by atoms with van der Waals surface area (Å²) in [6, 6.07) is 3.84. The van der Waals surface area contributed by atoms with Gasteiger partial charge in [0.15, 0.2) is 6.10 Å². The fraction of sp³-hybridized carbons (Fsp3) is 0.438. The lowest BCUT2D eigenvalue weighted by Crippen LogP contribution is -2.26. The Balaban J connectivity index is 2.44. The molecule has 0 saturated carbocycles. The molecule has 0 amide bonds. The van der Waals surface area contributed by atoms with Crippen LogP contribution in [0.3, 0.4) is 0 Å². The van der Waals surface area contributed by atoms with Crippen molar-refractivity contribution in [1.29, 1.82) is 0 Å². The second kappa shape index (κ2) is 7.07. The van der Waals surface area contributed by atoms with Crippen molar-refractivity contribution in [1.82, 2.24) is 0 Å². The maximum Gasteiger partial charge on any atom is 0.344 e. The van der Waals surface area contributed by atoms with Crippen molar-refractivity contribution in [2.24, 2.45) is 5.92 Å². The molecule has 2 aromatic rings. The summed E-state index contributed by atoms with van der Waals surface area (Å²) in [5.74, 6) is -0.141. The highest BCUT2D eigenvalue weighted by atomic mass is 35.5. The number of halogens is 2. The molecule has 1 atom stereocenters. The highest BCUT2D eigenvalue weighted by Gasteiger charge is 2.21. The quantitative estimate of drug-likeness (QED) is 0.723. The lowest BCUT2D eigenvalue weighted by molar-refractivity contribution is -0.145. The van der Waals surface area contributed by atoms with E-state index in [-0.39, 0.29) is 5.02 Å². The first-order valence-electron chi connectivity index (χ1n) is 7.13. The summed E-state index contributed by atoms with van der Waals surface area (Å²) in [6.07, 6.45) is 0.388. The van der Waals surface area contributed by atoms with Crippen molar-refractivity contribution >= 4 is 50.6 Å². The number of carbonyl (C=O) groups is 1. The fourth-order valence-corrected chi connectivity index (χ4v) is 4.06. The van der Waals surface area contributed by atoms with Crippen LogP contribution in [0.4, 0.5) is 0 Å². The first-order chi connectivity index (χ1) is 10.3. The molecule has 1 aromatic heterocycles. The maximum absolute atomic E-state index is 11.1. The molecule has 0 aliphatic rings. The summed E-state index contributed by atoms with van der Waals surface area (Å²) in [5, 5.41) is 10.7. The molecule has 0 radical (unpaired) electrons. The van der Waals surface area contributed by atoms with Gasteiger partial charge in [-0.05, 0) is 36.3 Å². The zero-order valence-corrected chi connectivity index (χ0v) is 15.0. The van der Waals surface area contributed by atoms with Crippen LogP contribution >= 0.6 is 34.5 Å². The van der Waals surface area contributed by atoms with Crippen LogP contribution in [0, 0.1) is 5.92 Å². The standard InChI is InChI=1S/C16H18Cl2O3S/c1-4-11(16(19)20)21-12-7-9-6-10(5-8(2)3)22-15(9)14(18)13(12)17/h6-8,11H,4-5H2,1-3H3,(H,19,20). The first kappa shape index (κ1) is 17.4. The molecule has 6 heteroatoms. The van der Waals surface area contributed by atoms with E-state index in [0.717, 1.165) is 16.5 Å². The number of carboxylic acids is 1. The monoisotopic (exact) mass is 360 g/mol. The Morgan fingerprint density at radius 2 is 2.00 bits per heavy atom. The summed E-state index contributed by atoms with van der Waals surface area (Å²) in [4.78, 5) is 12.3. The maximum atomic E-state index is 11.1. The van der Waals surface area contributed by atoms with Crippen LogP contribution in [-0.4, -0.2) is 17.2 Å². The summed E-state index contributed by atoms with van der Waals surface area (Å²) >= 11 is 14.2. The van der Waals surface area contributed by atoms with E-state index in [2.05, 4.69) is 19.9 Å². The van der Waals surface area contributed by atoms with Gasteiger partial charge in [-0.15, -0.1) is 11.3 Å². The van der Waals surface area contributed by atoms with E-state index in [9.17, 15) is 4.79 Å². The Kier molecular flexibility index (Phi) is 5.59. The predicted octanol–water partition coefficient (Wildman–Crippen LogP) is 5.65. The van der Waals surface area contributed by atoms with Crippen molar-refractivity contribution in [2.45, 2.75) is 39.7 Å². The molecule has 1 heterocycles. The number of ether oxygens (including phenoxy) is 1. The van der Waals surface area contributed by atoms with E-state index < -0.39 is 12.1 Å². The van der Waals surface area contributed by atoms with E-state index in [1.165, 1.54) is 4.88 Å². The van der Waals surface area contributed by atoms with Gasteiger partial charge in [0.2, 0.25) is 0 Å². The van der Waals surface area contributed by atoms with Crippen molar-refractivity contribution < 1.29 is 14.6 Å². The van der Waals surface area contributed by atoms with E-state index in [4.69, 9.17) is 33.0 Å². The Hall–Kier alpha value is -0.970. The number of rotatable bonds is 6. The molecule has 0 fully saturated rings. The minimum absolute atomic E-state index is 0.270. The Bertz CT molecular complexity index is 694. The highest BCUT2D eigenvalue weighted by molar-refractivity contribution is 7.19. The molecular weight excluding hydrogens is 343 g/mol. The Labute approximate surface area is 143 Å². The number of hydrogen-bond donors (Lipinski definition) is 1. The minimum Gasteiger partial charge on any atom is -0.479 e. The summed E-state index contributed by atoms with van der Waals surface area (Å²) in [6.45, 7) is 6.07. The molecule has 120 valence electrons. The van der Waals surface area contributed by atoms with Crippen LogP contribution in [0.5, 0.6) is 5.75 Å². The van der Waals surface area contributed by atoms with Crippen LogP contribution in [0.1, 0.15) is 32.1 Å². The SMILES string of the molecule is CCC(Oc1cc2cc(CC(C)C)sc2c(Cl)c1Cl)C(=O)O. The summed E-state index contributed by atoms with van der Waals surface area (Å²) in [5.41, 5.74) is 0. The third-order valence-corrected chi connectivity index (χ3v) is 5.38. The highest BCUT2D eigenvalue weighted by Crippen LogP contribution is 2.43. The number of fused-ring (bicyclic) bond motifs is 1. The molecule has 0 bridgehead atoms. The Morgan fingerprint density at radius 3 is 2.55 bits per heavy atom. The molecule has 0 aliphatic heterocycles. The molecule has 0 aliphatic carbocycles. The molecule has 1 N–H and O–H groups in total. The van der Waals surface area contributed by atoms with Gasteiger partial charge >= 0.3 is 5.97 Å². The number of aliphatic carboxylic acids is 1. The van der Waals surface area contributed by atoms with Crippen LogP contribution in [0.25, 0.3) is 10.1 Å². The lowest BCUT2D eigenvalue weighted by Gasteiger charge is -2.15. The van der Waals surface area contributed by atoms with Crippen molar-refractivity contribution in [3.05, 3.63) is 27.1 Å². The smallest absolute Gasteiger partial charge is 0.344 e. The van der Waals surface area contributed by atoms with E-state index in [0.29, 0.717) is 23.1 Å². The van der Waals surface area contributed by atoms with Gasteiger partial charge in [-0.2, -0.15) is 0 Å². The molecule has 1 unspecified atom stereocenters. The van der Waals surface area contributed by atoms with E-state index >= 15 is 0 Å². The summed E-state index contributed by atoms with van der Waals surface area (Å²) < 4.78 is 6.44. The number of benzene rings is 1. The van der Waals surface area contributed by atoms with E-state index in [1.807, 2.05) is 0 Å². The van der Waals surface area contributed by atoms with Crippen molar-refractivity contribution in [3.63, 3.8) is 0 Å². The third-order valence-electron chi connectivity index (χ3n) is 3.23. The Morgan fingerprint density at radius 1 is 1.32 bits per heavy atom. The first-order valence-corrected chi connectivity index (χ1v) is 8.70. The zero-order valence-electron chi connectivity index (χ0n) is 12.7. The van der Waals surface area contributed by atoms with E-state index in [1.54, 1.807) is 24.3 Å². The van der Waals surface area contributed by atoms with Gasteiger partial charge in [0.05, 0.1) is 9.72 Å². The van der Waals surface area contributed by atoms with Gasteiger partial charge in [-0.25, -0.2) is 4.79 Å². The molecule has 3 nitrogen and oxygen atoms in total. The molecule has 0 saturated heterocycles. The number of thiophene rings is 1.